The van der Waals surface area contributed by atoms with Crippen LogP contribution in [0.1, 0.15) is 36.8 Å². The molecule has 0 unspecified atom stereocenters. The van der Waals surface area contributed by atoms with E-state index in [1.54, 1.807) is 54.6 Å². The molecule has 7 N–H and O–H groups in total. The summed E-state index contributed by atoms with van der Waals surface area (Å²) in [4.78, 5) is 75.0. The number of methoxy groups -OCH3 is 1. The molecule has 42 heavy (non-hydrogen) atoms. The van der Waals surface area contributed by atoms with E-state index < -0.39 is 60.1 Å². The van der Waals surface area contributed by atoms with E-state index in [0.717, 1.165) is 18.2 Å². The summed E-state index contributed by atoms with van der Waals surface area (Å²) in [6.07, 6.45) is -0.353. The normalized spacial score (nSPS) is 12.6. The fourth-order valence-electron chi connectivity index (χ4n) is 3.93. The molecule has 0 fully saturated rings. The van der Waals surface area contributed by atoms with Crippen molar-refractivity contribution in [2.24, 2.45) is 11.5 Å². The number of Topliss-reactive ketones (excluding diaryl/α,β-unsaturated/α-hetero) is 1. The predicted molar refractivity (Wildman–Crippen MR) is 151 cm³/mol. The molecule has 0 aliphatic carbocycles. The summed E-state index contributed by atoms with van der Waals surface area (Å²) in [5, 5.41) is 7.48. The molecular weight excluding hydrogens is 546 g/mol. The number of nitrogens with one attached hydrogen (secondary N) is 3. The van der Waals surface area contributed by atoms with Crippen molar-refractivity contribution in [2.45, 2.75) is 56.8 Å². The van der Waals surface area contributed by atoms with Gasteiger partial charge in [-0.2, -0.15) is 0 Å². The molecule has 0 saturated heterocycles. The van der Waals surface area contributed by atoms with Crippen LogP contribution in [0.4, 0.5) is 4.79 Å². The van der Waals surface area contributed by atoms with Crippen molar-refractivity contribution >= 4 is 35.6 Å². The third-order valence-electron chi connectivity index (χ3n) is 6.11. The Hall–Kier alpha value is -4.78. The van der Waals surface area contributed by atoms with Gasteiger partial charge in [0.05, 0.1) is 13.5 Å². The van der Waals surface area contributed by atoms with Crippen LogP contribution in [0.3, 0.4) is 0 Å². The summed E-state index contributed by atoms with van der Waals surface area (Å²) in [7, 11) is 0.976. The number of primary amides is 1. The zero-order valence-corrected chi connectivity index (χ0v) is 23.4. The lowest BCUT2D eigenvalue weighted by molar-refractivity contribution is -0.153. The van der Waals surface area contributed by atoms with Gasteiger partial charge in [-0.1, -0.05) is 60.7 Å². The summed E-state index contributed by atoms with van der Waals surface area (Å²) >= 11 is 0. The number of rotatable bonds is 17. The maximum absolute atomic E-state index is 13.5. The van der Waals surface area contributed by atoms with E-state index in [2.05, 4.69) is 20.7 Å². The van der Waals surface area contributed by atoms with Crippen LogP contribution in [0.25, 0.3) is 0 Å². The van der Waals surface area contributed by atoms with Crippen molar-refractivity contribution in [3.8, 4) is 0 Å². The first-order valence-electron chi connectivity index (χ1n) is 13.4. The summed E-state index contributed by atoms with van der Waals surface area (Å²) in [6, 6.07) is 13.9. The Balaban J connectivity index is 2.21. The Bertz CT molecular complexity index is 1210. The Morgan fingerprint density at radius 3 is 1.90 bits per heavy atom. The highest BCUT2D eigenvalue weighted by Gasteiger charge is 2.33. The molecule has 0 aliphatic rings. The Morgan fingerprint density at radius 2 is 1.33 bits per heavy atom. The van der Waals surface area contributed by atoms with Crippen LogP contribution in [0.5, 0.6) is 0 Å². The number of ketones is 1. The number of alkyl carbamates (subject to hydrolysis) is 1. The third-order valence-corrected chi connectivity index (χ3v) is 6.11. The lowest BCUT2D eigenvalue weighted by Gasteiger charge is -2.25. The van der Waals surface area contributed by atoms with E-state index in [-0.39, 0.29) is 19.4 Å². The van der Waals surface area contributed by atoms with Gasteiger partial charge in [-0.15, -0.1) is 0 Å². The molecule has 0 bridgehead atoms. The van der Waals surface area contributed by atoms with Crippen LogP contribution in [0.15, 0.2) is 60.7 Å². The monoisotopic (exact) mass is 583 g/mol. The maximum Gasteiger partial charge on any atom is 0.408 e. The number of esters is 1. The van der Waals surface area contributed by atoms with E-state index in [1.165, 1.54) is 0 Å². The first kappa shape index (κ1) is 33.4. The van der Waals surface area contributed by atoms with Gasteiger partial charge in [0.1, 0.15) is 24.7 Å². The van der Waals surface area contributed by atoms with Crippen LogP contribution < -0.4 is 27.4 Å². The summed E-state index contributed by atoms with van der Waals surface area (Å²) in [5.41, 5.74) is 12.3. The SMILES string of the molecule is COC(=O)C(=O)[C@H](CC(N)=O)NC(=O)[C@H](CCCCN)NC(=O)[C@H](Cc1ccccc1)NC(=O)OCc1ccccc1. The first-order valence-corrected chi connectivity index (χ1v) is 13.4. The number of amides is 4. The number of hydrogen-bond acceptors (Lipinski definition) is 9. The van der Waals surface area contributed by atoms with E-state index in [4.69, 9.17) is 16.2 Å². The molecule has 0 spiro atoms. The quantitative estimate of drug-likeness (QED) is 0.0980. The van der Waals surface area contributed by atoms with Gasteiger partial charge in [0.25, 0.3) is 5.78 Å². The van der Waals surface area contributed by atoms with Gasteiger partial charge in [0, 0.05) is 6.42 Å². The molecule has 3 atom stereocenters. The number of nitrogens with two attached hydrogens (primary N) is 2. The Kier molecular flexibility index (Phi) is 14.2. The predicted octanol–water partition coefficient (Wildman–Crippen LogP) is 0.240. The largest absolute Gasteiger partial charge is 0.463 e. The number of carbonyl (C=O) groups excluding carboxylic acids is 6. The van der Waals surface area contributed by atoms with Crippen LogP contribution in [-0.4, -0.2) is 67.3 Å². The zero-order chi connectivity index (χ0) is 30.9. The lowest BCUT2D eigenvalue weighted by atomic mass is 10.0. The van der Waals surface area contributed by atoms with Crippen molar-refractivity contribution in [3.05, 3.63) is 71.8 Å². The lowest BCUT2D eigenvalue weighted by Crippen LogP contribution is -2.57. The van der Waals surface area contributed by atoms with E-state index >= 15 is 0 Å². The molecule has 2 rings (SSSR count). The van der Waals surface area contributed by atoms with Gasteiger partial charge in [0.15, 0.2) is 0 Å². The highest BCUT2D eigenvalue weighted by molar-refractivity contribution is 6.36. The van der Waals surface area contributed by atoms with Gasteiger partial charge in [-0.05, 0) is 36.9 Å². The number of hydrogen-bond donors (Lipinski definition) is 5. The van der Waals surface area contributed by atoms with Crippen molar-refractivity contribution in [1.29, 1.82) is 0 Å². The second kappa shape index (κ2) is 17.8. The fourth-order valence-corrected chi connectivity index (χ4v) is 3.93. The van der Waals surface area contributed by atoms with Crippen LogP contribution >= 0.6 is 0 Å². The number of carbonyl (C=O) groups is 6. The highest BCUT2D eigenvalue weighted by Crippen LogP contribution is 2.08. The minimum Gasteiger partial charge on any atom is -0.463 e. The van der Waals surface area contributed by atoms with Gasteiger partial charge >= 0.3 is 12.1 Å². The summed E-state index contributed by atoms with van der Waals surface area (Å²) in [5.74, 6) is -4.93. The van der Waals surface area contributed by atoms with E-state index in [0.29, 0.717) is 19.4 Å². The number of ether oxygens (including phenoxy) is 2. The molecule has 226 valence electrons. The number of unbranched alkanes of at least 4 members (excludes halogenated alkanes) is 1. The maximum atomic E-state index is 13.5. The second-order valence-electron chi connectivity index (χ2n) is 9.38. The van der Waals surface area contributed by atoms with Gasteiger partial charge in [0.2, 0.25) is 17.7 Å². The van der Waals surface area contributed by atoms with Crippen molar-refractivity contribution in [3.63, 3.8) is 0 Å². The zero-order valence-electron chi connectivity index (χ0n) is 23.4. The van der Waals surface area contributed by atoms with Crippen LogP contribution in [0.2, 0.25) is 0 Å². The Labute approximate surface area is 243 Å². The molecular formula is C29H37N5O8. The topological polar surface area (TPSA) is 209 Å². The van der Waals surface area contributed by atoms with Crippen LogP contribution in [-0.2, 0) is 46.5 Å². The average Bonchev–Trinajstić information content (AvgIpc) is 2.98. The van der Waals surface area contributed by atoms with E-state index in [9.17, 15) is 28.8 Å². The van der Waals surface area contributed by atoms with Crippen LogP contribution in [0, 0.1) is 0 Å². The highest BCUT2D eigenvalue weighted by atomic mass is 16.5. The Morgan fingerprint density at radius 1 is 0.762 bits per heavy atom. The van der Waals surface area contributed by atoms with Crippen molar-refractivity contribution in [1.82, 2.24) is 16.0 Å². The molecule has 0 saturated carbocycles. The summed E-state index contributed by atoms with van der Waals surface area (Å²) in [6.45, 7) is 0.310. The smallest absolute Gasteiger partial charge is 0.408 e. The minimum atomic E-state index is -1.59. The molecule has 2 aromatic rings. The first-order chi connectivity index (χ1) is 20.1. The minimum absolute atomic E-state index is 0.0219. The van der Waals surface area contributed by atoms with Gasteiger partial charge in [-0.25, -0.2) is 9.59 Å². The summed E-state index contributed by atoms with van der Waals surface area (Å²) < 4.78 is 9.69. The molecule has 0 aliphatic heterocycles. The average molecular weight is 584 g/mol. The fraction of sp³-hybridized carbons (Fsp3) is 0.379. The molecule has 0 radical (unpaired) electrons. The number of benzene rings is 2. The molecule has 13 heteroatoms. The molecule has 4 amide bonds. The third kappa shape index (κ3) is 11.8. The van der Waals surface area contributed by atoms with Gasteiger partial charge < -0.3 is 36.9 Å². The second-order valence-corrected chi connectivity index (χ2v) is 9.38. The molecule has 0 heterocycles. The van der Waals surface area contributed by atoms with Gasteiger partial charge in [-0.3, -0.25) is 19.2 Å². The van der Waals surface area contributed by atoms with Crippen molar-refractivity contribution in [2.75, 3.05) is 13.7 Å². The molecule has 0 aromatic heterocycles. The molecule has 13 nitrogen and oxygen atoms in total. The van der Waals surface area contributed by atoms with E-state index in [1.807, 2.05) is 6.07 Å². The standard InChI is InChI=1S/C29H37N5O8/c1-41-28(39)25(36)22(17-24(31)35)33-26(37)21(14-8-9-15-30)32-27(38)23(16-19-10-4-2-5-11-19)34-29(40)42-18-20-12-6-3-7-13-20/h2-7,10-13,21-23H,8-9,14-18,30H2,1H3,(H2,31,35)(H,32,38)(H,33,37)(H,34,40)/t21-,22-,23-/m0/s1. The van der Waals surface area contributed by atoms with Crippen molar-refractivity contribution < 1.29 is 38.2 Å². The molecule has 2 aromatic carbocycles.